The summed E-state index contributed by atoms with van der Waals surface area (Å²) in [6.07, 6.45) is 3.13. The molecule has 17 heavy (non-hydrogen) atoms. The first-order chi connectivity index (χ1) is 8.38. The van der Waals surface area contributed by atoms with Gasteiger partial charge in [-0.1, -0.05) is 30.3 Å². The molecule has 1 unspecified atom stereocenters. The Labute approximate surface area is 103 Å². The number of nitrogens with one attached hydrogen (secondary N) is 1. The Morgan fingerprint density at radius 1 is 1.35 bits per heavy atom. The second-order valence-electron chi connectivity index (χ2n) is 4.65. The molecular weight excluding hydrogens is 214 g/mol. The van der Waals surface area contributed by atoms with Gasteiger partial charge in [-0.2, -0.15) is 0 Å². The van der Waals surface area contributed by atoms with E-state index in [2.05, 4.69) is 17.4 Å². The lowest BCUT2D eigenvalue weighted by atomic mass is 10.0. The van der Waals surface area contributed by atoms with Gasteiger partial charge in [0.25, 0.3) is 0 Å². The Morgan fingerprint density at radius 3 is 2.82 bits per heavy atom. The predicted molar refractivity (Wildman–Crippen MR) is 68.0 cm³/mol. The van der Waals surface area contributed by atoms with Gasteiger partial charge in [0, 0.05) is 18.7 Å². The molecule has 3 heteroatoms. The summed E-state index contributed by atoms with van der Waals surface area (Å²) in [6, 6.07) is 10.8. The first kappa shape index (κ1) is 12.6. The molecular formula is C14H21NO2. The minimum atomic E-state index is 0.129. The largest absolute Gasteiger partial charge is 0.395 e. The molecule has 2 N–H and O–H groups in total. The molecule has 2 atom stereocenters. The van der Waals surface area contributed by atoms with Crippen LogP contribution in [0, 0.1) is 0 Å². The number of hydrogen-bond donors (Lipinski definition) is 2. The van der Waals surface area contributed by atoms with Crippen molar-refractivity contribution in [2.24, 2.45) is 0 Å². The molecule has 0 amide bonds. The van der Waals surface area contributed by atoms with E-state index < -0.39 is 0 Å². The minimum absolute atomic E-state index is 0.129. The summed E-state index contributed by atoms with van der Waals surface area (Å²) < 4.78 is 5.43. The smallest absolute Gasteiger partial charge is 0.0619 e. The number of aliphatic hydroxyl groups is 1. The Morgan fingerprint density at radius 2 is 2.18 bits per heavy atom. The molecule has 3 nitrogen and oxygen atoms in total. The third-order valence-electron chi connectivity index (χ3n) is 3.18. The fourth-order valence-corrected chi connectivity index (χ4v) is 2.28. The minimum Gasteiger partial charge on any atom is -0.395 e. The van der Waals surface area contributed by atoms with Gasteiger partial charge >= 0.3 is 0 Å². The molecule has 0 saturated carbocycles. The van der Waals surface area contributed by atoms with Crippen LogP contribution in [0.25, 0.3) is 0 Å². The maximum atomic E-state index is 9.41. The molecule has 0 bridgehead atoms. The second kappa shape index (κ2) is 6.74. The van der Waals surface area contributed by atoms with Crippen LogP contribution in [0.15, 0.2) is 30.3 Å². The van der Waals surface area contributed by atoms with Crippen molar-refractivity contribution in [1.29, 1.82) is 0 Å². The van der Waals surface area contributed by atoms with Gasteiger partial charge in [-0.3, -0.25) is 0 Å². The molecule has 2 rings (SSSR count). The SMILES string of the molecule is OC[C@H](Cc1ccccc1)NC1CCCOC1. The van der Waals surface area contributed by atoms with Gasteiger partial charge in [0.15, 0.2) is 0 Å². The third-order valence-corrected chi connectivity index (χ3v) is 3.18. The lowest BCUT2D eigenvalue weighted by Crippen LogP contribution is -2.45. The zero-order valence-electron chi connectivity index (χ0n) is 10.1. The van der Waals surface area contributed by atoms with Crippen LogP contribution < -0.4 is 5.32 Å². The standard InChI is InChI=1S/C14H21NO2/c16-10-14(9-12-5-2-1-3-6-12)15-13-7-4-8-17-11-13/h1-3,5-6,13-16H,4,7-11H2/t13?,14-/m0/s1. The van der Waals surface area contributed by atoms with Crippen molar-refractivity contribution in [3.8, 4) is 0 Å². The molecule has 1 saturated heterocycles. The van der Waals surface area contributed by atoms with E-state index in [4.69, 9.17) is 4.74 Å². The lowest BCUT2D eigenvalue weighted by Gasteiger charge is -2.27. The van der Waals surface area contributed by atoms with Gasteiger partial charge in [-0.25, -0.2) is 0 Å². The Kier molecular flexibility index (Phi) is 4.98. The maximum Gasteiger partial charge on any atom is 0.0619 e. The summed E-state index contributed by atoms with van der Waals surface area (Å²) in [5.41, 5.74) is 1.26. The summed E-state index contributed by atoms with van der Waals surface area (Å²) in [5.74, 6) is 0. The summed E-state index contributed by atoms with van der Waals surface area (Å²) in [5, 5.41) is 12.9. The molecule has 1 aromatic rings. The zero-order valence-corrected chi connectivity index (χ0v) is 10.1. The summed E-state index contributed by atoms with van der Waals surface area (Å²) in [7, 11) is 0. The zero-order chi connectivity index (χ0) is 11.9. The molecule has 1 aliphatic heterocycles. The van der Waals surface area contributed by atoms with Crippen molar-refractivity contribution in [3.05, 3.63) is 35.9 Å². The van der Waals surface area contributed by atoms with Gasteiger partial charge in [0.1, 0.15) is 0 Å². The first-order valence-corrected chi connectivity index (χ1v) is 6.37. The van der Waals surface area contributed by atoms with Crippen LogP contribution in [-0.4, -0.2) is 37.0 Å². The van der Waals surface area contributed by atoms with Gasteiger partial charge in [0.2, 0.25) is 0 Å². The van der Waals surface area contributed by atoms with Crippen molar-refractivity contribution in [3.63, 3.8) is 0 Å². The van der Waals surface area contributed by atoms with Gasteiger partial charge in [0.05, 0.1) is 13.2 Å². The number of hydrogen-bond acceptors (Lipinski definition) is 3. The van der Waals surface area contributed by atoms with Crippen molar-refractivity contribution in [2.45, 2.75) is 31.3 Å². The summed E-state index contributed by atoms with van der Waals surface area (Å²) in [4.78, 5) is 0. The Bertz CT molecular complexity index is 309. The highest BCUT2D eigenvalue weighted by molar-refractivity contribution is 5.15. The maximum absolute atomic E-state index is 9.41. The van der Waals surface area contributed by atoms with Crippen LogP contribution in [0.2, 0.25) is 0 Å². The molecule has 0 spiro atoms. The van der Waals surface area contributed by atoms with E-state index >= 15 is 0 Å². The monoisotopic (exact) mass is 235 g/mol. The highest BCUT2D eigenvalue weighted by Gasteiger charge is 2.17. The molecule has 1 heterocycles. The van der Waals surface area contributed by atoms with Crippen molar-refractivity contribution in [1.82, 2.24) is 5.32 Å². The first-order valence-electron chi connectivity index (χ1n) is 6.37. The number of ether oxygens (including phenoxy) is 1. The molecule has 1 aromatic carbocycles. The quantitative estimate of drug-likeness (QED) is 0.809. The average Bonchev–Trinajstić information content (AvgIpc) is 2.40. The summed E-state index contributed by atoms with van der Waals surface area (Å²) >= 11 is 0. The number of benzene rings is 1. The molecule has 1 aliphatic rings. The van der Waals surface area contributed by atoms with E-state index in [1.165, 1.54) is 5.56 Å². The molecule has 1 fully saturated rings. The van der Waals surface area contributed by atoms with Crippen LogP contribution in [-0.2, 0) is 11.2 Å². The van der Waals surface area contributed by atoms with Crippen LogP contribution in [0.4, 0.5) is 0 Å². The lowest BCUT2D eigenvalue weighted by molar-refractivity contribution is 0.0624. The van der Waals surface area contributed by atoms with Crippen molar-refractivity contribution in [2.75, 3.05) is 19.8 Å². The van der Waals surface area contributed by atoms with E-state index in [1.54, 1.807) is 0 Å². The normalized spacial score (nSPS) is 22.3. The highest BCUT2D eigenvalue weighted by atomic mass is 16.5. The van der Waals surface area contributed by atoms with E-state index in [0.717, 1.165) is 32.5 Å². The van der Waals surface area contributed by atoms with Gasteiger partial charge < -0.3 is 15.2 Å². The molecule has 0 aromatic heterocycles. The van der Waals surface area contributed by atoms with Crippen LogP contribution in [0.1, 0.15) is 18.4 Å². The van der Waals surface area contributed by atoms with Crippen LogP contribution in [0.3, 0.4) is 0 Å². The molecule has 94 valence electrons. The van der Waals surface area contributed by atoms with Crippen LogP contribution >= 0.6 is 0 Å². The average molecular weight is 235 g/mol. The fourth-order valence-electron chi connectivity index (χ4n) is 2.28. The predicted octanol–water partition coefficient (Wildman–Crippen LogP) is 1.36. The number of rotatable bonds is 5. The van der Waals surface area contributed by atoms with E-state index in [9.17, 15) is 5.11 Å². The third kappa shape index (κ3) is 4.11. The van der Waals surface area contributed by atoms with E-state index in [-0.39, 0.29) is 12.6 Å². The number of aliphatic hydroxyl groups excluding tert-OH is 1. The van der Waals surface area contributed by atoms with Crippen molar-refractivity contribution >= 4 is 0 Å². The van der Waals surface area contributed by atoms with E-state index in [1.807, 2.05) is 18.2 Å². The molecule has 0 radical (unpaired) electrons. The van der Waals surface area contributed by atoms with Crippen molar-refractivity contribution < 1.29 is 9.84 Å². The van der Waals surface area contributed by atoms with Gasteiger partial charge in [-0.15, -0.1) is 0 Å². The Hall–Kier alpha value is -0.900. The highest BCUT2D eigenvalue weighted by Crippen LogP contribution is 2.09. The Balaban J connectivity index is 1.83. The second-order valence-corrected chi connectivity index (χ2v) is 4.65. The topological polar surface area (TPSA) is 41.5 Å². The van der Waals surface area contributed by atoms with Crippen LogP contribution in [0.5, 0.6) is 0 Å². The summed E-state index contributed by atoms with van der Waals surface area (Å²) in [6.45, 7) is 1.82. The fraction of sp³-hybridized carbons (Fsp3) is 0.571. The molecule has 0 aliphatic carbocycles. The van der Waals surface area contributed by atoms with Gasteiger partial charge in [-0.05, 0) is 24.8 Å². The van der Waals surface area contributed by atoms with E-state index in [0.29, 0.717) is 6.04 Å².